The second-order valence-electron chi connectivity index (χ2n) is 4.82. The lowest BCUT2D eigenvalue weighted by Crippen LogP contribution is -2.39. The van der Waals surface area contributed by atoms with Crippen LogP contribution in [0.25, 0.3) is 0 Å². The average Bonchev–Trinajstić information content (AvgIpc) is 2.50. The molecule has 5 heteroatoms. The number of para-hydroxylation sites is 1. The molecule has 0 unspecified atom stereocenters. The zero-order valence-corrected chi connectivity index (χ0v) is 13.2. The molecule has 2 rings (SSSR count). The van der Waals surface area contributed by atoms with Crippen molar-refractivity contribution < 1.29 is 9.59 Å². The molecule has 0 aliphatic rings. The second kappa shape index (κ2) is 7.09. The van der Waals surface area contributed by atoms with E-state index in [0.717, 1.165) is 5.56 Å². The Morgan fingerprint density at radius 2 is 1.86 bits per heavy atom. The Morgan fingerprint density at radius 3 is 2.50 bits per heavy atom. The number of hydrogen-bond donors (Lipinski definition) is 1. The number of carbonyl (C=O) groups excluding carboxylic acids is 2. The molecule has 0 atom stereocenters. The van der Waals surface area contributed by atoms with Gasteiger partial charge < -0.3 is 10.2 Å². The van der Waals surface area contributed by atoms with Gasteiger partial charge in [0.15, 0.2) is 0 Å². The molecular weight excluding hydrogens is 300 g/mol. The van der Waals surface area contributed by atoms with Gasteiger partial charge in [0.1, 0.15) is 0 Å². The lowest BCUT2D eigenvalue weighted by molar-refractivity contribution is -0.134. The van der Waals surface area contributed by atoms with Gasteiger partial charge in [0.2, 0.25) is 0 Å². The molecule has 0 fully saturated rings. The SMILES string of the molecule is CCN(C(=O)C(=O)Nc1ccccc1Cl)c1cccc(C)c1. The standard InChI is InChI=1S/C17H17ClN2O2/c1-3-20(13-8-6-7-12(2)11-13)17(22)16(21)19-15-10-5-4-9-14(15)18/h4-11H,3H2,1-2H3,(H,19,21). The number of anilines is 2. The van der Waals surface area contributed by atoms with Crippen molar-refractivity contribution in [2.24, 2.45) is 0 Å². The quantitative estimate of drug-likeness (QED) is 0.879. The van der Waals surface area contributed by atoms with Gasteiger partial charge >= 0.3 is 11.8 Å². The van der Waals surface area contributed by atoms with Crippen LogP contribution >= 0.6 is 11.6 Å². The van der Waals surface area contributed by atoms with Crippen molar-refractivity contribution in [3.63, 3.8) is 0 Å². The van der Waals surface area contributed by atoms with Gasteiger partial charge in [0.05, 0.1) is 10.7 Å². The molecule has 0 spiro atoms. The van der Waals surface area contributed by atoms with Crippen LogP contribution in [0.3, 0.4) is 0 Å². The fourth-order valence-electron chi connectivity index (χ4n) is 2.10. The number of carbonyl (C=O) groups is 2. The summed E-state index contributed by atoms with van der Waals surface area (Å²) in [5, 5.41) is 2.94. The molecule has 0 aliphatic heterocycles. The molecule has 1 N–H and O–H groups in total. The van der Waals surface area contributed by atoms with Crippen LogP contribution in [0.5, 0.6) is 0 Å². The molecule has 0 saturated carbocycles. The molecule has 22 heavy (non-hydrogen) atoms. The monoisotopic (exact) mass is 316 g/mol. The van der Waals surface area contributed by atoms with Gasteiger partial charge in [-0.1, -0.05) is 35.9 Å². The summed E-state index contributed by atoms with van der Waals surface area (Å²) in [6, 6.07) is 14.3. The van der Waals surface area contributed by atoms with Crippen LogP contribution in [-0.4, -0.2) is 18.4 Å². The summed E-state index contributed by atoms with van der Waals surface area (Å²) in [5.41, 5.74) is 2.14. The van der Waals surface area contributed by atoms with Crippen molar-refractivity contribution in [2.45, 2.75) is 13.8 Å². The second-order valence-corrected chi connectivity index (χ2v) is 5.23. The number of amides is 2. The van der Waals surface area contributed by atoms with Crippen molar-refractivity contribution in [2.75, 3.05) is 16.8 Å². The third kappa shape index (κ3) is 3.65. The Labute approximate surface area is 134 Å². The third-order valence-corrected chi connectivity index (χ3v) is 3.52. The van der Waals surface area contributed by atoms with Gasteiger partial charge in [-0.05, 0) is 43.7 Å². The van der Waals surface area contributed by atoms with Crippen LogP contribution in [0.1, 0.15) is 12.5 Å². The van der Waals surface area contributed by atoms with Crippen molar-refractivity contribution in [3.8, 4) is 0 Å². The van der Waals surface area contributed by atoms with Gasteiger partial charge in [-0.25, -0.2) is 0 Å². The van der Waals surface area contributed by atoms with Crippen molar-refractivity contribution in [1.29, 1.82) is 0 Å². The normalized spacial score (nSPS) is 10.1. The van der Waals surface area contributed by atoms with E-state index in [2.05, 4.69) is 5.32 Å². The smallest absolute Gasteiger partial charge is 0.316 e. The van der Waals surface area contributed by atoms with E-state index in [0.29, 0.717) is 22.9 Å². The average molecular weight is 317 g/mol. The number of rotatable bonds is 3. The van der Waals surface area contributed by atoms with E-state index in [4.69, 9.17) is 11.6 Å². The van der Waals surface area contributed by atoms with Crippen molar-refractivity contribution >= 4 is 34.8 Å². The van der Waals surface area contributed by atoms with Crippen LogP contribution in [0.15, 0.2) is 48.5 Å². The number of nitrogens with one attached hydrogen (secondary N) is 1. The van der Waals surface area contributed by atoms with Gasteiger partial charge in [0.25, 0.3) is 0 Å². The summed E-state index contributed by atoms with van der Waals surface area (Å²) in [6.45, 7) is 4.16. The van der Waals surface area contributed by atoms with E-state index in [9.17, 15) is 9.59 Å². The highest BCUT2D eigenvalue weighted by Gasteiger charge is 2.22. The van der Waals surface area contributed by atoms with E-state index < -0.39 is 11.8 Å². The maximum absolute atomic E-state index is 12.4. The maximum Gasteiger partial charge on any atom is 0.316 e. The van der Waals surface area contributed by atoms with Crippen LogP contribution < -0.4 is 10.2 Å². The minimum atomic E-state index is -0.712. The zero-order chi connectivity index (χ0) is 16.1. The molecular formula is C17H17ClN2O2. The molecule has 114 valence electrons. The number of hydrogen-bond acceptors (Lipinski definition) is 2. The van der Waals surface area contributed by atoms with Crippen LogP contribution in [0.2, 0.25) is 5.02 Å². The van der Waals surface area contributed by atoms with Crippen LogP contribution in [0, 0.1) is 6.92 Å². The van der Waals surface area contributed by atoms with E-state index in [1.165, 1.54) is 4.90 Å². The van der Waals surface area contributed by atoms with E-state index in [1.807, 2.05) is 32.0 Å². The van der Waals surface area contributed by atoms with E-state index in [1.54, 1.807) is 30.3 Å². The van der Waals surface area contributed by atoms with Gasteiger partial charge in [-0.3, -0.25) is 9.59 Å². The summed E-state index contributed by atoms with van der Waals surface area (Å²) < 4.78 is 0. The highest BCUT2D eigenvalue weighted by molar-refractivity contribution is 6.45. The van der Waals surface area contributed by atoms with Gasteiger partial charge in [-0.15, -0.1) is 0 Å². The molecule has 2 aromatic rings. The molecule has 2 aromatic carbocycles. The summed E-state index contributed by atoms with van der Waals surface area (Å²) >= 11 is 5.98. The summed E-state index contributed by atoms with van der Waals surface area (Å²) in [6.07, 6.45) is 0. The first kappa shape index (κ1) is 16.0. The Morgan fingerprint density at radius 1 is 1.14 bits per heavy atom. The van der Waals surface area contributed by atoms with Crippen molar-refractivity contribution in [1.82, 2.24) is 0 Å². The maximum atomic E-state index is 12.4. The summed E-state index contributed by atoms with van der Waals surface area (Å²) in [5.74, 6) is -1.33. The highest BCUT2D eigenvalue weighted by atomic mass is 35.5. The lowest BCUT2D eigenvalue weighted by Gasteiger charge is -2.21. The fraction of sp³-hybridized carbons (Fsp3) is 0.176. The first-order valence-corrected chi connectivity index (χ1v) is 7.34. The number of aryl methyl sites for hydroxylation is 1. The van der Waals surface area contributed by atoms with Crippen LogP contribution in [-0.2, 0) is 9.59 Å². The lowest BCUT2D eigenvalue weighted by atomic mass is 10.2. The predicted molar refractivity (Wildman–Crippen MR) is 89.3 cm³/mol. The number of likely N-dealkylation sites (N-methyl/N-ethyl adjacent to an activating group) is 1. The Bertz CT molecular complexity index is 701. The molecule has 0 aliphatic carbocycles. The van der Waals surface area contributed by atoms with Crippen molar-refractivity contribution in [3.05, 3.63) is 59.1 Å². The largest absolute Gasteiger partial charge is 0.316 e. The topological polar surface area (TPSA) is 49.4 Å². The molecule has 0 heterocycles. The summed E-state index contributed by atoms with van der Waals surface area (Å²) in [7, 11) is 0. The predicted octanol–water partition coefficient (Wildman–Crippen LogP) is 3.64. The van der Waals surface area contributed by atoms with E-state index in [-0.39, 0.29) is 0 Å². The number of nitrogens with zero attached hydrogens (tertiary/aromatic N) is 1. The minimum absolute atomic E-state index is 0.391. The van der Waals surface area contributed by atoms with Gasteiger partial charge in [-0.2, -0.15) is 0 Å². The Hall–Kier alpha value is -2.33. The molecule has 0 aromatic heterocycles. The fourth-order valence-corrected chi connectivity index (χ4v) is 2.28. The third-order valence-electron chi connectivity index (χ3n) is 3.19. The first-order valence-electron chi connectivity index (χ1n) is 6.97. The highest BCUT2D eigenvalue weighted by Crippen LogP contribution is 2.21. The Kier molecular flexibility index (Phi) is 5.17. The van der Waals surface area contributed by atoms with Crippen LogP contribution in [0.4, 0.5) is 11.4 Å². The molecule has 0 radical (unpaired) electrons. The Balaban J connectivity index is 2.18. The molecule has 4 nitrogen and oxygen atoms in total. The minimum Gasteiger partial charge on any atom is -0.316 e. The number of halogens is 1. The van der Waals surface area contributed by atoms with E-state index >= 15 is 0 Å². The number of benzene rings is 2. The molecule has 2 amide bonds. The molecule has 0 bridgehead atoms. The summed E-state index contributed by atoms with van der Waals surface area (Å²) in [4.78, 5) is 26.0. The molecule has 0 saturated heterocycles. The first-order chi connectivity index (χ1) is 10.5. The van der Waals surface area contributed by atoms with Gasteiger partial charge in [0, 0.05) is 12.2 Å². The zero-order valence-electron chi connectivity index (χ0n) is 12.5.